The molecule has 1 heterocycles. The number of carboxylic acids is 1. The molecule has 47 heavy (non-hydrogen) atoms. The predicted octanol–water partition coefficient (Wildman–Crippen LogP) is 10.2. The number of nitrogens with zero attached hydrogens (tertiary/aromatic N) is 1. The van der Waals surface area contributed by atoms with Gasteiger partial charge in [-0.05, 0) is 111 Å². The van der Waals surface area contributed by atoms with E-state index in [2.05, 4.69) is 38.2 Å². The van der Waals surface area contributed by atoms with Crippen molar-refractivity contribution in [2.45, 2.75) is 104 Å². The molecule has 0 bridgehead atoms. The Hall–Kier alpha value is -3.55. The van der Waals surface area contributed by atoms with Crippen LogP contribution in [0, 0.1) is 29.1 Å². The zero-order valence-electron chi connectivity index (χ0n) is 28.2. The maximum Gasteiger partial charge on any atom is 0.418 e. The van der Waals surface area contributed by atoms with E-state index in [1.807, 2.05) is 42.7 Å². The van der Waals surface area contributed by atoms with Gasteiger partial charge >= 0.3 is 12.1 Å². The van der Waals surface area contributed by atoms with E-state index in [1.54, 1.807) is 6.07 Å². The lowest BCUT2D eigenvalue weighted by Gasteiger charge is -2.41. The van der Waals surface area contributed by atoms with Gasteiger partial charge in [0, 0.05) is 17.7 Å². The molecule has 0 aliphatic heterocycles. The van der Waals surface area contributed by atoms with E-state index >= 15 is 0 Å². The molecule has 5 rings (SSSR count). The normalized spacial score (nSPS) is 25.0. The molecule has 1 aromatic heterocycles. The Labute approximate surface area is 277 Å². The maximum atomic E-state index is 14.3. The Morgan fingerprint density at radius 2 is 1.74 bits per heavy atom. The van der Waals surface area contributed by atoms with E-state index in [-0.39, 0.29) is 23.6 Å². The number of rotatable bonds is 12. The van der Waals surface area contributed by atoms with Crippen LogP contribution in [-0.4, -0.2) is 21.6 Å². The summed E-state index contributed by atoms with van der Waals surface area (Å²) >= 11 is 0. The van der Waals surface area contributed by atoms with Gasteiger partial charge < -0.3 is 15.0 Å². The number of hydrogen-bond acceptors (Lipinski definition) is 2. The Bertz CT molecular complexity index is 1560. The monoisotopic (exact) mass is 650 g/mol. The molecule has 0 spiro atoms. The van der Waals surface area contributed by atoms with Gasteiger partial charge in [-0.25, -0.2) is 0 Å². The summed E-state index contributed by atoms with van der Waals surface area (Å²) in [6.07, 6.45) is 1.75. The summed E-state index contributed by atoms with van der Waals surface area (Å²) in [6.45, 7) is 10.5. The van der Waals surface area contributed by atoms with Crippen LogP contribution in [0.15, 0.2) is 60.7 Å². The predicted molar refractivity (Wildman–Crippen MR) is 180 cm³/mol. The molecular formula is C39H49F3N2O3. The fraction of sp³-hybridized carbons (Fsp3) is 0.538. The second-order valence-electron chi connectivity index (χ2n) is 14.5. The fourth-order valence-electron chi connectivity index (χ4n) is 8.31. The lowest BCUT2D eigenvalue weighted by molar-refractivity contribution is -0.148. The number of nitrogens with one attached hydrogen (secondary N) is 1. The van der Waals surface area contributed by atoms with Gasteiger partial charge in [-0.3, -0.25) is 9.59 Å². The Kier molecular flexibility index (Phi) is 10.3. The van der Waals surface area contributed by atoms with Crippen molar-refractivity contribution < 1.29 is 27.9 Å². The lowest BCUT2D eigenvalue weighted by Crippen LogP contribution is -2.38. The summed E-state index contributed by atoms with van der Waals surface area (Å²) in [5, 5.41) is 13.2. The molecule has 2 aromatic carbocycles. The van der Waals surface area contributed by atoms with Crippen molar-refractivity contribution in [3.8, 4) is 0 Å². The highest BCUT2D eigenvalue weighted by Gasteiger charge is 2.67. The summed E-state index contributed by atoms with van der Waals surface area (Å²) in [7, 11) is 0. The smallest absolute Gasteiger partial charge is 0.418 e. The third kappa shape index (κ3) is 7.17. The van der Waals surface area contributed by atoms with Crippen molar-refractivity contribution in [1.82, 2.24) is 4.57 Å². The van der Waals surface area contributed by atoms with E-state index in [0.717, 1.165) is 56.7 Å². The van der Waals surface area contributed by atoms with Crippen molar-refractivity contribution in [3.05, 3.63) is 88.7 Å². The van der Waals surface area contributed by atoms with Crippen LogP contribution >= 0.6 is 0 Å². The molecule has 1 amide bonds. The largest absolute Gasteiger partial charge is 0.481 e. The van der Waals surface area contributed by atoms with Crippen LogP contribution in [0.5, 0.6) is 0 Å². The number of aromatic nitrogens is 1. The third-order valence-corrected chi connectivity index (χ3v) is 11.1. The molecule has 0 saturated heterocycles. The molecule has 2 N–H and O–H groups in total. The van der Waals surface area contributed by atoms with Gasteiger partial charge in [-0.15, -0.1) is 0 Å². The van der Waals surface area contributed by atoms with Crippen molar-refractivity contribution in [2.24, 2.45) is 29.1 Å². The quantitative estimate of drug-likeness (QED) is 0.205. The summed E-state index contributed by atoms with van der Waals surface area (Å²) in [5.41, 5.74) is 0.774. The van der Waals surface area contributed by atoms with E-state index in [1.165, 1.54) is 17.7 Å². The number of halogens is 3. The Balaban J connectivity index is 1.43. The first-order chi connectivity index (χ1) is 22.3. The molecule has 3 aromatic rings. The topological polar surface area (TPSA) is 71.3 Å². The van der Waals surface area contributed by atoms with E-state index in [4.69, 9.17) is 0 Å². The van der Waals surface area contributed by atoms with Gasteiger partial charge in [0.2, 0.25) is 0 Å². The molecule has 2 aliphatic rings. The molecule has 254 valence electrons. The van der Waals surface area contributed by atoms with E-state index in [9.17, 15) is 27.9 Å². The lowest BCUT2D eigenvalue weighted by atomic mass is 9.63. The molecule has 2 saturated carbocycles. The Morgan fingerprint density at radius 1 is 1.02 bits per heavy atom. The second-order valence-corrected chi connectivity index (χ2v) is 14.5. The first-order valence-corrected chi connectivity index (χ1v) is 17.3. The number of carboxylic acid groups (broad SMARTS) is 1. The van der Waals surface area contributed by atoms with Crippen LogP contribution in [0.3, 0.4) is 0 Å². The first kappa shape index (κ1) is 34.8. The van der Waals surface area contributed by atoms with Crippen LogP contribution in [0.1, 0.15) is 118 Å². The van der Waals surface area contributed by atoms with Crippen molar-refractivity contribution >= 4 is 17.6 Å². The van der Waals surface area contributed by atoms with E-state index in [0.29, 0.717) is 29.5 Å². The molecule has 0 radical (unpaired) electrons. The molecule has 2 fully saturated rings. The van der Waals surface area contributed by atoms with E-state index < -0.39 is 34.9 Å². The summed E-state index contributed by atoms with van der Waals surface area (Å²) in [5.74, 6) is -0.969. The molecule has 6 atom stereocenters. The molecule has 5 nitrogen and oxygen atoms in total. The number of alkyl halides is 3. The summed E-state index contributed by atoms with van der Waals surface area (Å²) in [4.78, 5) is 26.7. The van der Waals surface area contributed by atoms with Crippen LogP contribution in [0.25, 0.3) is 0 Å². The average Bonchev–Trinajstić information content (AvgIpc) is 3.66. The number of anilines is 1. The van der Waals surface area contributed by atoms with Crippen LogP contribution < -0.4 is 5.32 Å². The Morgan fingerprint density at radius 3 is 2.38 bits per heavy atom. The maximum absolute atomic E-state index is 14.3. The minimum Gasteiger partial charge on any atom is -0.481 e. The zero-order valence-corrected chi connectivity index (χ0v) is 28.2. The highest BCUT2D eigenvalue weighted by Crippen LogP contribution is 2.68. The molecule has 2 aliphatic carbocycles. The molecular weight excluding hydrogens is 601 g/mol. The number of aryl methyl sites for hydroxylation is 2. The number of hydrogen-bond donors (Lipinski definition) is 2. The van der Waals surface area contributed by atoms with Crippen LogP contribution in [0.2, 0.25) is 0 Å². The van der Waals surface area contributed by atoms with Crippen molar-refractivity contribution in [1.29, 1.82) is 0 Å². The average molecular weight is 651 g/mol. The highest BCUT2D eigenvalue weighted by molar-refractivity contribution is 6.04. The van der Waals surface area contributed by atoms with Gasteiger partial charge in [0.25, 0.3) is 5.91 Å². The van der Waals surface area contributed by atoms with Gasteiger partial charge in [0.15, 0.2) is 0 Å². The third-order valence-electron chi connectivity index (χ3n) is 11.1. The van der Waals surface area contributed by atoms with Crippen LogP contribution in [-0.2, 0) is 23.8 Å². The van der Waals surface area contributed by atoms with Gasteiger partial charge in [-0.2, -0.15) is 13.2 Å². The minimum atomic E-state index is -4.70. The first-order valence-electron chi connectivity index (χ1n) is 17.3. The highest BCUT2D eigenvalue weighted by atomic mass is 19.4. The van der Waals surface area contributed by atoms with Crippen LogP contribution in [0.4, 0.5) is 18.9 Å². The summed E-state index contributed by atoms with van der Waals surface area (Å²) < 4.78 is 44.8. The van der Waals surface area contributed by atoms with Gasteiger partial charge in [0.1, 0.15) is 5.69 Å². The van der Waals surface area contributed by atoms with Crippen molar-refractivity contribution in [2.75, 3.05) is 5.32 Å². The molecule has 0 unspecified atom stereocenters. The van der Waals surface area contributed by atoms with Gasteiger partial charge in [0.05, 0.1) is 16.7 Å². The number of amides is 1. The number of aliphatic carboxylic acids is 1. The standard InChI is InChI=1S/C39H49F3N2O3/c1-6-26(5)44-29(14-10-13-27-11-8-7-9-12-27)17-20-35(44)36(45)43-34-22-28(16-19-31(34)39(40,41)42)33-23-38(33,37(46)47)32-21-25(4)15-18-30(32)24(2)3/h7-9,11-12,16-17,19-20,22,24-26,30,32-33H,6,10,13-15,18,21,23H2,1-5H3,(H,43,45)(H,46,47)/t25-,26+,30+,32-,33+,38-/m1/s1. The van der Waals surface area contributed by atoms with Gasteiger partial charge in [-0.1, -0.05) is 70.5 Å². The zero-order chi connectivity index (χ0) is 34.1. The fourth-order valence-corrected chi connectivity index (χ4v) is 8.31. The number of carbonyl (C=O) groups is 2. The molecule has 8 heteroatoms. The SMILES string of the molecule is CC[C@H](C)n1c(CCCc2ccccc2)ccc1C(=O)Nc1cc([C@@H]2C[C@@]2(C(=O)O)[C@@H]2C[C@H](C)CC[C@H]2C(C)C)ccc1C(F)(F)F. The minimum absolute atomic E-state index is 0.0275. The number of benzene rings is 2. The number of carbonyl (C=O) groups excluding carboxylic acids is 1. The second kappa shape index (κ2) is 13.9. The van der Waals surface area contributed by atoms with Crippen molar-refractivity contribution in [3.63, 3.8) is 0 Å². The summed E-state index contributed by atoms with van der Waals surface area (Å²) in [6, 6.07) is 17.5.